The SMILES string of the molecule is CCCC[C@H]1C[C@H](NC(C)(CC)CCC)CC(C)N1O. The predicted octanol–water partition coefficient (Wildman–Crippen LogP) is 4.35. The minimum absolute atomic E-state index is 0.256. The zero-order chi connectivity index (χ0) is 15.2. The van der Waals surface area contributed by atoms with Crippen molar-refractivity contribution in [3.8, 4) is 0 Å². The maximum atomic E-state index is 10.2. The van der Waals surface area contributed by atoms with E-state index in [9.17, 15) is 5.21 Å². The van der Waals surface area contributed by atoms with Crippen LogP contribution >= 0.6 is 0 Å². The van der Waals surface area contributed by atoms with E-state index in [1.807, 2.05) is 0 Å². The summed E-state index contributed by atoms with van der Waals surface area (Å²) < 4.78 is 0. The third-order valence-electron chi connectivity index (χ3n) is 5.03. The van der Waals surface area contributed by atoms with E-state index in [1.54, 1.807) is 5.06 Å². The molecule has 1 rings (SSSR count). The number of nitrogens with one attached hydrogen (secondary N) is 1. The molecule has 0 bridgehead atoms. The molecule has 3 nitrogen and oxygen atoms in total. The van der Waals surface area contributed by atoms with Crippen molar-refractivity contribution in [3.63, 3.8) is 0 Å². The van der Waals surface area contributed by atoms with Crippen molar-refractivity contribution >= 4 is 0 Å². The molecule has 3 heteroatoms. The molecule has 0 amide bonds. The average molecular weight is 284 g/mol. The van der Waals surface area contributed by atoms with E-state index >= 15 is 0 Å². The molecule has 1 heterocycles. The summed E-state index contributed by atoms with van der Waals surface area (Å²) in [6, 6.07) is 1.15. The first kappa shape index (κ1) is 17.9. The van der Waals surface area contributed by atoms with Gasteiger partial charge in [-0.3, -0.25) is 0 Å². The van der Waals surface area contributed by atoms with Gasteiger partial charge in [0.1, 0.15) is 0 Å². The van der Waals surface area contributed by atoms with Crippen molar-refractivity contribution in [2.75, 3.05) is 0 Å². The Labute approximate surface area is 126 Å². The molecule has 0 saturated carbocycles. The summed E-state index contributed by atoms with van der Waals surface area (Å²) in [5.74, 6) is 0. The Morgan fingerprint density at radius 2 is 1.90 bits per heavy atom. The summed E-state index contributed by atoms with van der Waals surface area (Å²) >= 11 is 0. The second kappa shape index (κ2) is 8.35. The Morgan fingerprint density at radius 3 is 2.45 bits per heavy atom. The van der Waals surface area contributed by atoms with Crippen molar-refractivity contribution in [1.82, 2.24) is 10.4 Å². The van der Waals surface area contributed by atoms with Gasteiger partial charge in [-0.2, -0.15) is 5.06 Å². The maximum absolute atomic E-state index is 10.2. The third-order valence-corrected chi connectivity index (χ3v) is 5.03. The molecule has 2 N–H and O–H groups in total. The van der Waals surface area contributed by atoms with Crippen LogP contribution in [-0.2, 0) is 0 Å². The van der Waals surface area contributed by atoms with E-state index in [2.05, 4.69) is 39.9 Å². The van der Waals surface area contributed by atoms with Gasteiger partial charge in [-0.25, -0.2) is 0 Å². The molecule has 0 aliphatic carbocycles. The quantitative estimate of drug-likeness (QED) is 0.696. The monoisotopic (exact) mass is 284 g/mol. The van der Waals surface area contributed by atoms with Crippen LogP contribution in [0.15, 0.2) is 0 Å². The van der Waals surface area contributed by atoms with E-state index in [0.717, 1.165) is 19.3 Å². The Bertz CT molecular complexity index is 272. The van der Waals surface area contributed by atoms with Gasteiger partial charge in [-0.1, -0.05) is 40.0 Å². The largest absolute Gasteiger partial charge is 0.313 e. The molecule has 2 unspecified atom stereocenters. The van der Waals surface area contributed by atoms with Crippen LogP contribution in [0.1, 0.15) is 86.0 Å². The number of hydroxylamine groups is 2. The number of hydrogen-bond donors (Lipinski definition) is 2. The number of piperidine rings is 1. The van der Waals surface area contributed by atoms with Gasteiger partial charge in [-0.15, -0.1) is 0 Å². The predicted molar refractivity (Wildman–Crippen MR) is 86.2 cm³/mol. The fraction of sp³-hybridized carbons (Fsp3) is 1.00. The molecule has 0 aromatic carbocycles. The van der Waals surface area contributed by atoms with Crippen LogP contribution in [0.3, 0.4) is 0 Å². The lowest BCUT2D eigenvalue weighted by atomic mass is 9.86. The Kier molecular flexibility index (Phi) is 7.49. The Morgan fingerprint density at radius 1 is 1.20 bits per heavy atom. The van der Waals surface area contributed by atoms with Crippen molar-refractivity contribution in [1.29, 1.82) is 0 Å². The summed E-state index contributed by atoms with van der Waals surface area (Å²) in [6.45, 7) is 11.3. The third kappa shape index (κ3) is 5.01. The lowest BCUT2D eigenvalue weighted by Crippen LogP contribution is -2.56. The Balaban J connectivity index is 2.61. The second-order valence-electron chi connectivity index (χ2n) is 7.00. The van der Waals surface area contributed by atoms with Crippen LogP contribution in [-0.4, -0.2) is 33.9 Å². The van der Waals surface area contributed by atoms with Gasteiger partial charge in [0.15, 0.2) is 0 Å². The number of nitrogens with zero attached hydrogens (tertiary/aromatic N) is 1. The normalized spacial score (nSPS) is 31.2. The van der Waals surface area contributed by atoms with E-state index in [4.69, 9.17) is 0 Å². The summed E-state index contributed by atoms with van der Waals surface area (Å²) in [7, 11) is 0. The van der Waals surface area contributed by atoms with E-state index in [0.29, 0.717) is 12.1 Å². The first-order chi connectivity index (χ1) is 9.45. The summed E-state index contributed by atoms with van der Waals surface area (Å²) in [5.41, 5.74) is 0.256. The van der Waals surface area contributed by atoms with Crippen molar-refractivity contribution in [2.45, 2.75) is 110 Å². The van der Waals surface area contributed by atoms with Crippen LogP contribution in [0.5, 0.6) is 0 Å². The molecular weight excluding hydrogens is 248 g/mol. The topological polar surface area (TPSA) is 35.5 Å². The van der Waals surface area contributed by atoms with Crippen LogP contribution < -0.4 is 5.32 Å². The van der Waals surface area contributed by atoms with Crippen LogP contribution in [0.4, 0.5) is 0 Å². The molecule has 0 radical (unpaired) electrons. The average Bonchev–Trinajstić information content (AvgIpc) is 2.41. The first-order valence-corrected chi connectivity index (χ1v) is 8.70. The smallest absolute Gasteiger partial charge is 0.0368 e. The fourth-order valence-electron chi connectivity index (χ4n) is 3.62. The van der Waals surface area contributed by atoms with Gasteiger partial charge in [0.05, 0.1) is 0 Å². The molecule has 0 aromatic rings. The van der Waals surface area contributed by atoms with Crippen molar-refractivity contribution in [2.24, 2.45) is 0 Å². The lowest BCUT2D eigenvalue weighted by molar-refractivity contribution is -0.179. The van der Waals surface area contributed by atoms with E-state index in [-0.39, 0.29) is 11.6 Å². The highest BCUT2D eigenvalue weighted by atomic mass is 16.5. The van der Waals surface area contributed by atoms with Gasteiger partial charge in [-0.05, 0) is 46.0 Å². The standard InChI is InChI=1S/C17H36N2O/c1-6-9-10-16-13-15(12-14(4)19(16)20)18-17(5,8-3)11-7-2/h14-16,18,20H,6-13H2,1-5H3/t14?,15-,16+,17?/m1/s1. The maximum Gasteiger partial charge on any atom is 0.0368 e. The highest BCUT2D eigenvalue weighted by molar-refractivity contribution is 4.92. The van der Waals surface area contributed by atoms with E-state index < -0.39 is 0 Å². The summed E-state index contributed by atoms with van der Waals surface area (Å²) in [6.07, 6.45) is 9.31. The van der Waals surface area contributed by atoms with Crippen molar-refractivity contribution in [3.05, 3.63) is 0 Å². The van der Waals surface area contributed by atoms with Crippen LogP contribution in [0.2, 0.25) is 0 Å². The van der Waals surface area contributed by atoms with Gasteiger partial charge in [0, 0.05) is 23.7 Å². The molecule has 1 fully saturated rings. The molecule has 1 saturated heterocycles. The van der Waals surface area contributed by atoms with Gasteiger partial charge in [0.25, 0.3) is 0 Å². The van der Waals surface area contributed by atoms with Crippen molar-refractivity contribution < 1.29 is 5.21 Å². The molecule has 4 atom stereocenters. The molecule has 0 spiro atoms. The number of hydrogen-bond acceptors (Lipinski definition) is 3. The first-order valence-electron chi connectivity index (χ1n) is 8.70. The lowest BCUT2D eigenvalue weighted by Gasteiger charge is -2.44. The zero-order valence-corrected chi connectivity index (χ0v) is 14.3. The number of unbranched alkanes of at least 4 members (excludes halogenated alkanes) is 1. The van der Waals surface area contributed by atoms with E-state index in [1.165, 1.54) is 32.1 Å². The molecule has 20 heavy (non-hydrogen) atoms. The van der Waals surface area contributed by atoms with Gasteiger partial charge >= 0.3 is 0 Å². The van der Waals surface area contributed by atoms with Crippen LogP contribution in [0, 0.1) is 0 Å². The minimum Gasteiger partial charge on any atom is -0.313 e. The van der Waals surface area contributed by atoms with Gasteiger partial charge < -0.3 is 10.5 Å². The zero-order valence-electron chi connectivity index (χ0n) is 14.3. The van der Waals surface area contributed by atoms with Crippen LogP contribution in [0.25, 0.3) is 0 Å². The fourth-order valence-corrected chi connectivity index (χ4v) is 3.62. The molecular formula is C17H36N2O. The minimum atomic E-state index is 0.256. The highest BCUT2D eigenvalue weighted by Crippen LogP contribution is 2.28. The second-order valence-corrected chi connectivity index (χ2v) is 7.00. The van der Waals surface area contributed by atoms with Gasteiger partial charge in [0.2, 0.25) is 0 Å². The molecule has 1 aliphatic rings. The number of rotatable bonds is 8. The highest BCUT2D eigenvalue weighted by Gasteiger charge is 2.35. The molecule has 120 valence electrons. The molecule has 0 aromatic heterocycles. The molecule has 1 aliphatic heterocycles. The summed E-state index contributed by atoms with van der Waals surface area (Å²) in [4.78, 5) is 0. The summed E-state index contributed by atoms with van der Waals surface area (Å²) in [5, 5.41) is 15.8. The Hall–Kier alpha value is -0.120.